The maximum absolute atomic E-state index is 5.91. The van der Waals surface area contributed by atoms with Crippen LogP contribution in [0.2, 0.25) is 0 Å². The Kier molecular flexibility index (Phi) is 7.06. The van der Waals surface area contributed by atoms with Crippen molar-refractivity contribution in [3.63, 3.8) is 0 Å². The standard InChI is InChI=1S/C17H28N2O/c18-17-9-12-19(13-10-17)11-5-2-6-14-20-15-16-7-3-1-4-8-16/h1,3-4,7-8,17H,2,5-6,9-15,18H2. The summed E-state index contributed by atoms with van der Waals surface area (Å²) in [7, 11) is 0. The van der Waals surface area contributed by atoms with Crippen LogP contribution in [0.25, 0.3) is 0 Å². The van der Waals surface area contributed by atoms with E-state index in [9.17, 15) is 0 Å². The summed E-state index contributed by atoms with van der Waals surface area (Å²) in [5.74, 6) is 0. The fourth-order valence-corrected chi connectivity index (χ4v) is 2.66. The number of likely N-dealkylation sites (tertiary alicyclic amines) is 1. The van der Waals surface area contributed by atoms with Gasteiger partial charge in [0.2, 0.25) is 0 Å². The maximum Gasteiger partial charge on any atom is 0.0716 e. The number of ether oxygens (including phenoxy) is 1. The summed E-state index contributed by atoms with van der Waals surface area (Å²) in [4.78, 5) is 2.55. The number of unbranched alkanes of at least 4 members (excludes halogenated alkanes) is 2. The Hall–Kier alpha value is -0.900. The molecule has 20 heavy (non-hydrogen) atoms. The van der Waals surface area contributed by atoms with Gasteiger partial charge < -0.3 is 15.4 Å². The SMILES string of the molecule is NC1CCN(CCCCCOCc2ccccc2)CC1. The first-order valence-electron chi connectivity index (χ1n) is 7.94. The fraction of sp³-hybridized carbons (Fsp3) is 0.647. The molecule has 0 saturated carbocycles. The van der Waals surface area contributed by atoms with Gasteiger partial charge >= 0.3 is 0 Å². The van der Waals surface area contributed by atoms with E-state index in [1.165, 1.54) is 57.3 Å². The van der Waals surface area contributed by atoms with Crippen LogP contribution in [0.15, 0.2) is 30.3 Å². The highest BCUT2D eigenvalue weighted by Gasteiger charge is 2.14. The second-order valence-corrected chi connectivity index (χ2v) is 5.78. The van der Waals surface area contributed by atoms with E-state index in [2.05, 4.69) is 29.2 Å². The molecule has 2 N–H and O–H groups in total. The van der Waals surface area contributed by atoms with Gasteiger partial charge in [0.05, 0.1) is 6.61 Å². The van der Waals surface area contributed by atoms with Crippen molar-refractivity contribution in [2.75, 3.05) is 26.2 Å². The smallest absolute Gasteiger partial charge is 0.0716 e. The van der Waals surface area contributed by atoms with Gasteiger partial charge in [0.15, 0.2) is 0 Å². The van der Waals surface area contributed by atoms with Crippen molar-refractivity contribution in [1.82, 2.24) is 4.90 Å². The van der Waals surface area contributed by atoms with Crippen LogP contribution in [0.5, 0.6) is 0 Å². The highest BCUT2D eigenvalue weighted by molar-refractivity contribution is 5.13. The van der Waals surface area contributed by atoms with Crippen molar-refractivity contribution in [2.24, 2.45) is 5.73 Å². The van der Waals surface area contributed by atoms with Crippen LogP contribution in [0, 0.1) is 0 Å². The fourth-order valence-electron chi connectivity index (χ4n) is 2.66. The summed E-state index contributed by atoms with van der Waals surface area (Å²) in [6, 6.07) is 10.8. The van der Waals surface area contributed by atoms with E-state index in [0.717, 1.165) is 13.2 Å². The van der Waals surface area contributed by atoms with E-state index in [-0.39, 0.29) is 0 Å². The molecule has 0 aromatic heterocycles. The Labute approximate surface area is 123 Å². The van der Waals surface area contributed by atoms with Crippen LogP contribution in [-0.4, -0.2) is 37.2 Å². The molecule has 0 atom stereocenters. The normalized spacial score (nSPS) is 17.4. The van der Waals surface area contributed by atoms with Gasteiger partial charge in [-0.3, -0.25) is 0 Å². The Morgan fingerprint density at radius 3 is 2.55 bits per heavy atom. The number of nitrogens with two attached hydrogens (primary N) is 1. The third-order valence-electron chi connectivity index (χ3n) is 4.01. The second kappa shape index (κ2) is 9.11. The van der Waals surface area contributed by atoms with Gasteiger partial charge in [-0.05, 0) is 57.3 Å². The number of nitrogens with zero attached hydrogens (tertiary/aromatic N) is 1. The molecule has 1 heterocycles. The zero-order valence-electron chi connectivity index (χ0n) is 12.5. The van der Waals surface area contributed by atoms with E-state index < -0.39 is 0 Å². The van der Waals surface area contributed by atoms with Gasteiger partial charge in [0, 0.05) is 12.6 Å². The molecule has 2 rings (SSSR count). The van der Waals surface area contributed by atoms with Gasteiger partial charge in [0.1, 0.15) is 0 Å². The first-order chi connectivity index (χ1) is 9.84. The Balaban J connectivity index is 1.42. The van der Waals surface area contributed by atoms with Crippen molar-refractivity contribution in [3.05, 3.63) is 35.9 Å². The molecular formula is C17H28N2O. The van der Waals surface area contributed by atoms with Gasteiger partial charge in [0.25, 0.3) is 0 Å². The lowest BCUT2D eigenvalue weighted by Crippen LogP contribution is -2.40. The molecule has 0 radical (unpaired) electrons. The highest BCUT2D eigenvalue weighted by Crippen LogP contribution is 2.09. The molecule has 112 valence electrons. The van der Waals surface area contributed by atoms with Crippen LogP contribution in [0.4, 0.5) is 0 Å². The summed E-state index contributed by atoms with van der Waals surface area (Å²) in [6.07, 6.45) is 6.04. The molecule has 0 bridgehead atoms. The summed E-state index contributed by atoms with van der Waals surface area (Å²) in [6.45, 7) is 5.22. The van der Waals surface area contributed by atoms with E-state index in [0.29, 0.717) is 6.04 Å². The monoisotopic (exact) mass is 276 g/mol. The second-order valence-electron chi connectivity index (χ2n) is 5.78. The van der Waals surface area contributed by atoms with Crippen LogP contribution >= 0.6 is 0 Å². The Morgan fingerprint density at radius 2 is 1.80 bits per heavy atom. The number of rotatable bonds is 8. The average molecular weight is 276 g/mol. The third kappa shape index (κ3) is 6.04. The number of hydrogen-bond acceptors (Lipinski definition) is 3. The minimum Gasteiger partial charge on any atom is -0.377 e. The molecule has 1 fully saturated rings. The highest BCUT2D eigenvalue weighted by atomic mass is 16.5. The maximum atomic E-state index is 5.91. The van der Waals surface area contributed by atoms with Crippen LogP contribution < -0.4 is 5.73 Å². The summed E-state index contributed by atoms with van der Waals surface area (Å²) in [5.41, 5.74) is 7.17. The van der Waals surface area contributed by atoms with Gasteiger partial charge in [-0.2, -0.15) is 0 Å². The van der Waals surface area contributed by atoms with Crippen molar-refractivity contribution in [3.8, 4) is 0 Å². The van der Waals surface area contributed by atoms with Gasteiger partial charge in [-0.15, -0.1) is 0 Å². The van der Waals surface area contributed by atoms with E-state index >= 15 is 0 Å². The topological polar surface area (TPSA) is 38.5 Å². The Bertz CT molecular complexity index is 347. The lowest BCUT2D eigenvalue weighted by Gasteiger charge is -2.29. The first kappa shape index (κ1) is 15.5. The quantitative estimate of drug-likeness (QED) is 0.742. The zero-order valence-corrected chi connectivity index (χ0v) is 12.5. The molecule has 0 aliphatic carbocycles. The van der Waals surface area contributed by atoms with E-state index in [4.69, 9.17) is 10.5 Å². The summed E-state index contributed by atoms with van der Waals surface area (Å²) in [5, 5.41) is 0. The predicted molar refractivity (Wildman–Crippen MR) is 83.6 cm³/mol. The molecular weight excluding hydrogens is 248 g/mol. The number of piperidine rings is 1. The van der Waals surface area contributed by atoms with Gasteiger partial charge in [-0.25, -0.2) is 0 Å². The van der Waals surface area contributed by atoms with Crippen molar-refractivity contribution in [2.45, 2.75) is 44.8 Å². The van der Waals surface area contributed by atoms with Crippen molar-refractivity contribution in [1.29, 1.82) is 0 Å². The number of hydrogen-bond donors (Lipinski definition) is 1. The zero-order chi connectivity index (χ0) is 14.0. The van der Waals surface area contributed by atoms with Crippen molar-refractivity contribution < 1.29 is 4.74 Å². The average Bonchev–Trinajstić information content (AvgIpc) is 2.49. The summed E-state index contributed by atoms with van der Waals surface area (Å²) < 4.78 is 5.70. The third-order valence-corrected chi connectivity index (χ3v) is 4.01. The van der Waals surface area contributed by atoms with Crippen LogP contribution in [-0.2, 0) is 11.3 Å². The predicted octanol–water partition coefficient (Wildman–Crippen LogP) is 2.80. The summed E-state index contributed by atoms with van der Waals surface area (Å²) >= 11 is 0. The molecule has 1 aliphatic heterocycles. The lowest BCUT2D eigenvalue weighted by molar-refractivity contribution is 0.115. The van der Waals surface area contributed by atoms with Crippen LogP contribution in [0.3, 0.4) is 0 Å². The molecule has 1 aliphatic rings. The molecule has 3 nitrogen and oxygen atoms in total. The molecule has 1 aromatic carbocycles. The molecule has 1 aromatic rings. The lowest BCUT2D eigenvalue weighted by atomic mass is 10.1. The molecule has 0 amide bonds. The molecule has 3 heteroatoms. The Morgan fingerprint density at radius 1 is 1.05 bits per heavy atom. The minimum atomic E-state index is 0.442. The molecule has 0 unspecified atom stereocenters. The largest absolute Gasteiger partial charge is 0.377 e. The van der Waals surface area contributed by atoms with E-state index in [1.54, 1.807) is 0 Å². The van der Waals surface area contributed by atoms with Crippen LogP contribution in [0.1, 0.15) is 37.7 Å². The van der Waals surface area contributed by atoms with E-state index in [1.807, 2.05) is 6.07 Å². The molecule has 1 saturated heterocycles. The van der Waals surface area contributed by atoms with Gasteiger partial charge in [-0.1, -0.05) is 30.3 Å². The minimum absolute atomic E-state index is 0.442. The first-order valence-corrected chi connectivity index (χ1v) is 7.94. The molecule has 0 spiro atoms. The van der Waals surface area contributed by atoms with Crippen molar-refractivity contribution >= 4 is 0 Å². The number of benzene rings is 1.